The predicted octanol–water partition coefficient (Wildman–Crippen LogP) is 1.39. The van der Waals surface area contributed by atoms with Crippen molar-refractivity contribution < 1.29 is 28.9 Å². The summed E-state index contributed by atoms with van der Waals surface area (Å²) in [5.74, 6) is 0.797. The van der Waals surface area contributed by atoms with Crippen LogP contribution in [0.2, 0.25) is 0 Å². The summed E-state index contributed by atoms with van der Waals surface area (Å²) in [4.78, 5) is 8.63. The first-order chi connectivity index (χ1) is 18.7. The zero-order chi connectivity index (χ0) is 27.9. The zero-order valence-electron chi connectivity index (χ0n) is 20.8. The fraction of sp³-hybridized carbons (Fsp3) is 0.0345. The fourth-order valence-corrected chi connectivity index (χ4v) is 10.5. The molecule has 39 heavy (non-hydrogen) atoms. The van der Waals surface area contributed by atoms with Crippen molar-refractivity contribution in [3.8, 4) is 11.4 Å². The standard InChI is InChI=1S/C29H23N2PS2.ClHO4/c1-34-29-26(28(33)30-27(31-29)22-14-6-2-7-15-22)32(23-16-8-3-9-17-23,24-18-10-4-11-19-24)25-20-12-5-13-21-25;2-1(3,4)5/h2-21H,1H3;(H,2,3,4,5). The topological polar surface area (TPSA) is 121 Å². The summed E-state index contributed by atoms with van der Waals surface area (Å²) >= 11 is 7.82. The Morgan fingerprint density at radius 1 is 0.667 bits per heavy atom. The van der Waals surface area contributed by atoms with E-state index in [9.17, 15) is 0 Å². The first kappa shape index (κ1) is 29.1. The van der Waals surface area contributed by atoms with Gasteiger partial charge < -0.3 is 4.98 Å². The Bertz CT molecular complexity index is 1450. The third kappa shape index (κ3) is 6.81. The normalized spacial score (nSPS) is 11.4. The molecule has 0 aliphatic rings. The Balaban J connectivity index is 0.000000648. The van der Waals surface area contributed by atoms with Crippen LogP contribution in [-0.2, 0) is 0 Å². The Morgan fingerprint density at radius 2 is 1.03 bits per heavy atom. The van der Waals surface area contributed by atoms with Gasteiger partial charge in [-0.1, -0.05) is 97.1 Å². The summed E-state index contributed by atoms with van der Waals surface area (Å²) in [5, 5.41) is 5.86. The maximum Gasteiger partial charge on any atom is 0.176 e. The Labute approximate surface area is 239 Å². The second-order valence-corrected chi connectivity index (χ2v) is 13.5. The monoisotopic (exact) mass is 594 g/mol. The van der Waals surface area contributed by atoms with Crippen molar-refractivity contribution >= 4 is 52.5 Å². The molecular formula is C29H24ClN2O4PS2. The minimum Gasteiger partial charge on any atom is -0.327 e. The lowest BCUT2D eigenvalue weighted by Gasteiger charge is -2.28. The zero-order valence-corrected chi connectivity index (χ0v) is 24.1. The molecular weight excluding hydrogens is 571 g/mol. The van der Waals surface area contributed by atoms with Gasteiger partial charge in [-0.05, 0) is 42.7 Å². The van der Waals surface area contributed by atoms with Crippen LogP contribution in [0.5, 0.6) is 0 Å². The van der Waals surface area contributed by atoms with E-state index in [1.807, 2.05) is 18.2 Å². The van der Waals surface area contributed by atoms with Gasteiger partial charge in [-0.25, -0.2) is 23.6 Å². The van der Waals surface area contributed by atoms with Crippen LogP contribution in [0, 0.1) is 14.9 Å². The molecule has 0 bridgehead atoms. The van der Waals surface area contributed by atoms with Crippen LogP contribution in [0.25, 0.3) is 11.4 Å². The van der Waals surface area contributed by atoms with Gasteiger partial charge in [-0.3, -0.25) is 0 Å². The number of nitrogens with one attached hydrogen (secondary N) is 1. The molecule has 6 nitrogen and oxygen atoms in total. The molecule has 0 aliphatic heterocycles. The molecule has 1 aromatic heterocycles. The third-order valence-electron chi connectivity index (χ3n) is 5.87. The van der Waals surface area contributed by atoms with Gasteiger partial charge >= 0.3 is 0 Å². The molecule has 0 atom stereocenters. The molecule has 0 unspecified atom stereocenters. The molecule has 5 rings (SSSR count). The van der Waals surface area contributed by atoms with Crippen molar-refractivity contribution in [1.29, 1.82) is 0 Å². The lowest BCUT2D eigenvalue weighted by molar-refractivity contribution is -2.00. The van der Waals surface area contributed by atoms with Crippen LogP contribution < -0.4 is 39.9 Å². The van der Waals surface area contributed by atoms with Gasteiger partial charge in [0.15, 0.2) is 9.95 Å². The molecule has 0 saturated carbocycles. The van der Waals surface area contributed by atoms with Gasteiger partial charge in [0.1, 0.15) is 34.0 Å². The second-order valence-electron chi connectivity index (χ2n) is 8.19. The van der Waals surface area contributed by atoms with Crippen LogP contribution in [-0.4, -0.2) is 16.2 Å². The van der Waals surface area contributed by atoms with E-state index in [4.69, 9.17) is 35.8 Å². The van der Waals surface area contributed by atoms with E-state index in [-0.39, 0.29) is 0 Å². The van der Waals surface area contributed by atoms with Crippen molar-refractivity contribution in [2.24, 2.45) is 0 Å². The number of rotatable bonds is 6. The summed E-state index contributed by atoms with van der Waals surface area (Å²) in [6, 6.07) is 42.5. The van der Waals surface area contributed by atoms with Crippen molar-refractivity contribution in [2.75, 3.05) is 6.26 Å². The number of thioether (sulfide) groups is 1. The van der Waals surface area contributed by atoms with E-state index in [0.717, 1.165) is 26.4 Å². The van der Waals surface area contributed by atoms with E-state index < -0.39 is 17.5 Å². The van der Waals surface area contributed by atoms with Crippen molar-refractivity contribution in [3.05, 3.63) is 126 Å². The highest BCUT2D eigenvalue weighted by Crippen LogP contribution is 2.55. The molecule has 0 fully saturated rings. The number of aromatic nitrogens is 2. The van der Waals surface area contributed by atoms with Crippen LogP contribution in [0.15, 0.2) is 126 Å². The molecule has 0 amide bonds. The van der Waals surface area contributed by atoms with Crippen LogP contribution in [0.1, 0.15) is 0 Å². The summed E-state index contributed by atoms with van der Waals surface area (Å²) in [6.07, 6.45) is 2.09. The molecule has 0 saturated heterocycles. The second kappa shape index (κ2) is 13.0. The highest BCUT2D eigenvalue weighted by molar-refractivity contribution is 8.04. The maximum atomic E-state index is 8.49. The SMILES string of the molecule is CSc1nc(-c2ccccc2)[nH]c(=S)c1[P+](c1ccccc1)(c1ccccc1)c1ccccc1.[O-][Cl+3]([O-])([O-])[O-]. The minimum absolute atomic E-state index is 0.739. The van der Waals surface area contributed by atoms with Crippen LogP contribution in [0.3, 0.4) is 0 Å². The molecule has 0 aliphatic carbocycles. The van der Waals surface area contributed by atoms with Crippen molar-refractivity contribution in [3.63, 3.8) is 0 Å². The number of halogens is 1. The number of hydrogen-bond acceptors (Lipinski definition) is 7. The quantitative estimate of drug-likeness (QED) is 0.136. The third-order valence-corrected chi connectivity index (χ3v) is 11.5. The van der Waals surface area contributed by atoms with Gasteiger partial charge in [0.2, 0.25) is 0 Å². The summed E-state index contributed by atoms with van der Waals surface area (Å²) in [7, 11) is -7.27. The number of H-pyrrole nitrogens is 1. The molecule has 198 valence electrons. The fourth-order valence-electron chi connectivity index (χ4n) is 4.41. The largest absolute Gasteiger partial charge is 0.327 e. The maximum absolute atomic E-state index is 8.49. The van der Waals surface area contributed by atoms with E-state index in [2.05, 4.69) is 114 Å². The van der Waals surface area contributed by atoms with E-state index in [1.54, 1.807) is 11.8 Å². The van der Waals surface area contributed by atoms with E-state index >= 15 is 0 Å². The smallest absolute Gasteiger partial charge is 0.176 e. The van der Waals surface area contributed by atoms with Crippen molar-refractivity contribution in [2.45, 2.75) is 5.03 Å². The molecule has 0 spiro atoms. The Hall–Kier alpha value is -2.91. The molecule has 10 heteroatoms. The van der Waals surface area contributed by atoms with Crippen LogP contribution in [0.4, 0.5) is 0 Å². The molecule has 0 radical (unpaired) electrons. The average Bonchev–Trinajstić information content (AvgIpc) is 2.95. The van der Waals surface area contributed by atoms with E-state index in [0.29, 0.717) is 0 Å². The first-order valence-electron chi connectivity index (χ1n) is 11.7. The Morgan fingerprint density at radius 3 is 1.38 bits per heavy atom. The molecule has 1 heterocycles. The van der Waals surface area contributed by atoms with Gasteiger partial charge in [-0.2, -0.15) is 0 Å². The highest BCUT2D eigenvalue weighted by atomic mass is 35.7. The lowest BCUT2D eigenvalue weighted by atomic mass is 10.2. The molecule has 4 aromatic carbocycles. The van der Waals surface area contributed by atoms with E-state index in [1.165, 1.54) is 15.9 Å². The predicted molar refractivity (Wildman–Crippen MR) is 151 cm³/mol. The summed E-state index contributed by atoms with van der Waals surface area (Å²) < 4.78 is 34.7. The number of benzene rings is 4. The lowest BCUT2D eigenvalue weighted by Crippen LogP contribution is -2.68. The van der Waals surface area contributed by atoms with Gasteiger partial charge in [0, 0.05) is 5.56 Å². The average molecular weight is 595 g/mol. The van der Waals surface area contributed by atoms with Crippen molar-refractivity contribution in [1.82, 2.24) is 9.97 Å². The summed E-state index contributed by atoms with van der Waals surface area (Å²) in [6.45, 7) is 0. The summed E-state index contributed by atoms with van der Waals surface area (Å²) in [5.41, 5.74) is 1.03. The molecule has 1 N–H and O–H groups in total. The Kier molecular flexibility index (Phi) is 9.67. The van der Waals surface area contributed by atoms with Crippen LogP contribution >= 0.6 is 31.2 Å². The van der Waals surface area contributed by atoms with Gasteiger partial charge in [-0.15, -0.1) is 22.0 Å². The molecule has 5 aromatic rings. The number of hydrogen-bond donors (Lipinski definition) is 1. The number of nitrogens with zero attached hydrogens (tertiary/aromatic N) is 1. The highest BCUT2D eigenvalue weighted by Gasteiger charge is 2.51. The first-order valence-corrected chi connectivity index (χ1v) is 16.3. The van der Waals surface area contributed by atoms with Gasteiger partial charge in [0.25, 0.3) is 0 Å². The minimum atomic E-state index is -4.94. The van der Waals surface area contributed by atoms with Gasteiger partial charge in [0.05, 0.1) is 0 Å². The number of aromatic amines is 1.